The first-order valence-corrected chi connectivity index (χ1v) is 8.03. The monoisotopic (exact) mass is 355 g/mol. The van der Waals surface area contributed by atoms with Gasteiger partial charge in [0.15, 0.2) is 11.5 Å². The molecule has 2 rings (SSSR count). The molecule has 2 aromatic carbocycles. The smallest absolute Gasteiger partial charge is 0.240 e. The van der Waals surface area contributed by atoms with Gasteiger partial charge in [0, 0.05) is 18.5 Å². The zero-order chi connectivity index (χ0) is 18.9. The van der Waals surface area contributed by atoms with Crippen LogP contribution in [0.3, 0.4) is 0 Å². The Kier molecular flexibility index (Phi) is 6.73. The summed E-state index contributed by atoms with van der Waals surface area (Å²) in [6, 6.07) is 12.1. The predicted molar refractivity (Wildman–Crippen MR) is 99.4 cm³/mol. The van der Waals surface area contributed by atoms with Gasteiger partial charge < -0.3 is 15.2 Å². The van der Waals surface area contributed by atoms with Gasteiger partial charge in [-0.2, -0.15) is 5.10 Å². The Morgan fingerprint density at radius 1 is 1.12 bits per heavy atom. The largest absolute Gasteiger partial charge is 0.504 e. The molecule has 0 aliphatic rings. The number of nitrogens with zero attached hydrogens (tertiary/aromatic N) is 1. The van der Waals surface area contributed by atoms with Crippen molar-refractivity contribution >= 4 is 23.7 Å². The Bertz CT molecular complexity index is 801. The third kappa shape index (κ3) is 5.94. The highest BCUT2D eigenvalue weighted by Crippen LogP contribution is 2.25. The summed E-state index contributed by atoms with van der Waals surface area (Å²) in [5.74, 6) is -0.274. The third-order valence-electron chi connectivity index (χ3n) is 3.52. The standard InChI is InChI=1S/C19H21N3O4/c1-13-3-6-15(7-4-13)21-18(24)9-10-19(25)22-20-12-14-5-8-16(23)17(11-14)26-2/h3-8,11-12,23H,9-10H2,1-2H3,(H,21,24)(H,22,25). The van der Waals surface area contributed by atoms with Crippen molar-refractivity contribution in [2.45, 2.75) is 19.8 Å². The van der Waals surface area contributed by atoms with Crippen molar-refractivity contribution < 1.29 is 19.4 Å². The molecule has 0 bridgehead atoms. The summed E-state index contributed by atoms with van der Waals surface area (Å²) in [6.45, 7) is 1.96. The van der Waals surface area contributed by atoms with E-state index in [2.05, 4.69) is 15.8 Å². The van der Waals surface area contributed by atoms with E-state index in [1.54, 1.807) is 12.1 Å². The molecule has 136 valence electrons. The fourth-order valence-corrected chi connectivity index (χ4v) is 2.10. The highest BCUT2D eigenvalue weighted by molar-refractivity contribution is 5.93. The first kappa shape index (κ1) is 19.0. The normalized spacial score (nSPS) is 10.5. The number of aryl methyl sites for hydroxylation is 1. The predicted octanol–water partition coefficient (Wildman–Crippen LogP) is 2.58. The molecular weight excluding hydrogens is 334 g/mol. The quantitative estimate of drug-likeness (QED) is 0.525. The second-order valence-corrected chi connectivity index (χ2v) is 5.64. The summed E-state index contributed by atoms with van der Waals surface area (Å²) in [7, 11) is 1.44. The lowest BCUT2D eigenvalue weighted by molar-refractivity contribution is -0.124. The van der Waals surface area contributed by atoms with Gasteiger partial charge >= 0.3 is 0 Å². The van der Waals surface area contributed by atoms with Crippen LogP contribution < -0.4 is 15.5 Å². The Morgan fingerprint density at radius 2 is 1.81 bits per heavy atom. The van der Waals surface area contributed by atoms with Gasteiger partial charge in [0.1, 0.15) is 0 Å². The van der Waals surface area contributed by atoms with E-state index in [0.717, 1.165) is 5.56 Å². The molecule has 0 aliphatic heterocycles. The SMILES string of the molecule is COc1cc(C=NNC(=O)CCC(=O)Nc2ccc(C)cc2)ccc1O. The molecule has 7 nitrogen and oxygen atoms in total. The number of carbonyl (C=O) groups is 2. The molecule has 26 heavy (non-hydrogen) atoms. The number of carbonyl (C=O) groups excluding carboxylic acids is 2. The van der Waals surface area contributed by atoms with Gasteiger partial charge in [-0.1, -0.05) is 17.7 Å². The minimum atomic E-state index is -0.369. The molecule has 0 fully saturated rings. The van der Waals surface area contributed by atoms with Gasteiger partial charge in [-0.3, -0.25) is 9.59 Å². The molecular formula is C19H21N3O4. The second-order valence-electron chi connectivity index (χ2n) is 5.64. The Hall–Kier alpha value is -3.35. The number of hydrazone groups is 1. The summed E-state index contributed by atoms with van der Waals surface area (Å²) < 4.78 is 4.99. The lowest BCUT2D eigenvalue weighted by atomic mass is 10.2. The highest BCUT2D eigenvalue weighted by atomic mass is 16.5. The van der Waals surface area contributed by atoms with E-state index in [1.807, 2.05) is 31.2 Å². The maximum Gasteiger partial charge on any atom is 0.240 e. The average molecular weight is 355 g/mol. The van der Waals surface area contributed by atoms with Crippen LogP contribution in [0.2, 0.25) is 0 Å². The van der Waals surface area contributed by atoms with Crippen molar-refractivity contribution in [3.05, 3.63) is 53.6 Å². The maximum absolute atomic E-state index is 11.8. The minimum Gasteiger partial charge on any atom is -0.504 e. The van der Waals surface area contributed by atoms with Crippen molar-refractivity contribution in [1.82, 2.24) is 5.43 Å². The van der Waals surface area contributed by atoms with Gasteiger partial charge in [0.2, 0.25) is 11.8 Å². The Labute approximate surface area is 151 Å². The lowest BCUT2D eigenvalue weighted by Crippen LogP contribution is -2.20. The Balaban J connectivity index is 1.76. The van der Waals surface area contributed by atoms with Crippen LogP contribution in [0.15, 0.2) is 47.6 Å². The molecule has 3 N–H and O–H groups in total. The number of phenolic OH excluding ortho intramolecular Hbond substituents is 1. The number of aromatic hydroxyl groups is 1. The topological polar surface area (TPSA) is 100 Å². The van der Waals surface area contributed by atoms with Crippen LogP contribution in [-0.4, -0.2) is 30.2 Å². The van der Waals surface area contributed by atoms with Crippen LogP contribution in [0.5, 0.6) is 11.5 Å². The van der Waals surface area contributed by atoms with E-state index in [1.165, 1.54) is 19.4 Å². The summed E-state index contributed by atoms with van der Waals surface area (Å²) in [6.07, 6.45) is 1.50. The summed E-state index contributed by atoms with van der Waals surface area (Å²) in [4.78, 5) is 23.6. The molecule has 0 unspecified atom stereocenters. The average Bonchev–Trinajstić information content (AvgIpc) is 2.63. The van der Waals surface area contributed by atoms with E-state index in [-0.39, 0.29) is 30.4 Å². The van der Waals surface area contributed by atoms with Crippen molar-refractivity contribution in [3.8, 4) is 11.5 Å². The lowest BCUT2D eigenvalue weighted by Gasteiger charge is -2.05. The van der Waals surface area contributed by atoms with Gasteiger partial charge in [0.25, 0.3) is 0 Å². The van der Waals surface area contributed by atoms with Crippen LogP contribution in [0, 0.1) is 6.92 Å². The first-order chi connectivity index (χ1) is 12.5. The fraction of sp³-hybridized carbons (Fsp3) is 0.211. The molecule has 2 amide bonds. The maximum atomic E-state index is 11.8. The number of phenols is 1. The van der Waals surface area contributed by atoms with Crippen molar-refractivity contribution in [2.75, 3.05) is 12.4 Å². The van der Waals surface area contributed by atoms with Crippen molar-refractivity contribution in [3.63, 3.8) is 0 Å². The molecule has 0 aromatic heterocycles. The molecule has 0 saturated heterocycles. The van der Waals surface area contributed by atoms with E-state index in [4.69, 9.17) is 4.74 Å². The number of methoxy groups -OCH3 is 1. The van der Waals surface area contributed by atoms with E-state index in [0.29, 0.717) is 17.0 Å². The molecule has 0 saturated carbocycles. The van der Waals surface area contributed by atoms with Gasteiger partial charge in [-0.25, -0.2) is 5.43 Å². The number of hydrogen-bond donors (Lipinski definition) is 3. The number of rotatable bonds is 7. The summed E-state index contributed by atoms with van der Waals surface area (Å²) in [5.41, 5.74) is 4.81. The van der Waals surface area contributed by atoms with Gasteiger partial charge in [-0.15, -0.1) is 0 Å². The number of nitrogens with one attached hydrogen (secondary N) is 2. The fourth-order valence-electron chi connectivity index (χ4n) is 2.10. The zero-order valence-corrected chi connectivity index (χ0v) is 14.7. The van der Waals surface area contributed by atoms with E-state index >= 15 is 0 Å². The molecule has 0 atom stereocenters. The molecule has 2 aromatic rings. The van der Waals surface area contributed by atoms with Crippen LogP contribution in [-0.2, 0) is 9.59 Å². The summed E-state index contributed by atoms with van der Waals surface area (Å²) in [5, 5.41) is 16.1. The van der Waals surface area contributed by atoms with Gasteiger partial charge in [0.05, 0.1) is 13.3 Å². The first-order valence-electron chi connectivity index (χ1n) is 8.03. The van der Waals surface area contributed by atoms with Crippen molar-refractivity contribution in [2.24, 2.45) is 5.10 Å². The Morgan fingerprint density at radius 3 is 2.50 bits per heavy atom. The number of benzene rings is 2. The highest BCUT2D eigenvalue weighted by Gasteiger charge is 2.07. The van der Waals surface area contributed by atoms with Gasteiger partial charge in [-0.05, 0) is 42.8 Å². The summed E-state index contributed by atoms with van der Waals surface area (Å²) >= 11 is 0. The molecule has 0 spiro atoms. The number of anilines is 1. The molecule has 0 heterocycles. The van der Waals surface area contributed by atoms with Crippen molar-refractivity contribution in [1.29, 1.82) is 0 Å². The zero-order valence-electron chi connectivity index (χ0n) is 14.7. The van der Waals surface area contributed by atoms with E-state index in [9.17, 15) is 14.7 Å². The van der Waals surface area contributed by atoms with Crippen LogP contribution in [0.4, 0.5) is 5.69 Å². The van der Waals surface area contributed by atoms with Crippen LogP contribution in [0.1, 0.15) is 24.0 Å². The molecule has 0 radical (unpaired) electrons. The van der Waals surface area contributed by atoms with Crippen LogP contribution >= 0.6 is 0 Å². The second kappa shape index (κ2) is 9.22. The third-order valence-corrected chi connectivity index (χ3v) is 3.52. The minimum absolute atomic E-state index is 0.0216. The number of hydrogen-bond acceptors (Lipinski definition) is 5. The van der Waals surface area contributed by atoms with Crippen LogP contribution in [0.25, 0.3) is 0 Å². The number of amides is 2. The van der Waals surface area contributed by atoms with E-state index < -0.39 is 0 Å². The molecule has 0 aliphatic carbocycles. The number of ether oxygens (including phenoxy) is 1. The molecule has 7 heteroatoms.